The maximum Gasteiger partial charge on any atom is -0.0257 e. The van der Waals surface area contributed by atoms with Crippen LogP contribution in [0.2, 0.25) is 0 Å². The van der Waals surface area contributed by atoms with E-state index in [1.54, 1.807) is 0 Å². The van der Waals surface area contributed by atoms with E-state index in [4.69, 9.17) is 0 Å². The third-order valence-electron chi connectivity index (χ3n) is 30.5. The zero-order valence-electron chi connectivity index (χ0n) is 83.9. The third kappa shape index (κ3) is 52.9. The first-order valence-electron chi connectivity index (χ1n) is 43.0. The smallest absolute Gasteiger partial charge is 0.0257 e. The van der Waals surface area contributed by atoms with E-state index in [2.05, 4.69) is 422 Å². The molecule has 0 amide bonds. The topological polar surface area (TPSA) is 0 Å². The highest BCUT2D eigenvalue weighted by atomic mass is 14.5. The van der Waals surface area contributed by atoms with Crippen molar-refractivity contribution < 1.29 is 0 Å². The zero-order valence-corrected chi connectivity index (χ0v) is 83.9. The summed E-state index contributed by atoms with van der Waals surface area (Å²) in [5.41, 5.74) is 7.45. The molecule has 0 aromatic rings. The molecular formula is C100H218. The fourth-order valence-electron chi connectivity index (χ4n) is 9.93. The minimum Gasteiger partial charge on any atom is -0.0651 e. The Kier molecular flexibility index (Phi) is 55.8. The Labute approximate surface area is 647 Å². The average Bonchev–Trinajstić information content (AvgIpc) is 0.797. The summed E-state index contributed by atoms with van der Waals surface area (Å²) in [6, 6.07) is 0. The highest BCUT2D eigenvalue weighted by molar-refractivity contribution is 4.92. The van der Waals surface area contributed by atoms with Gasteiger partial charge >= 0.3 is 0 Å². The van der Waals surface area contributed by atoms with Crippen LogP contribution in [0.25, 0.3) is 0 Å². The second-order valence-corrected chi connectivity index (χ2v) is 49.5. The summed E-state index contributed by atoms with van der Waals surface area (Å²) in [6.07, 6.45) is 18.6. The van der Waals surface area contributed by atoms with E-state index < -0.39 is 0 Å². The van der Waals surface area contributed by atoms with E-state index in [1.165, 1.54) is 83.5 Å². The molecule has 0 N–H and O–H groups in total. The Morgan fingerprint density at radius 3 is 0.560 bits per heavy atom. The van der Waals surface area contributed by atoms with Crippen LogP contribution < -0.4 is 0 Å². The van der Waals surface area contributed by atoms with Gasteiger partial charge in [0, 0.05) is 0 Å². The average molecular weight is 1420 g/mol. The van der Waals surface area contributed by atoms with Crippen molar-refractivity contribution in [3.05, 3.63) is 0 Å². The molecule has 100 heavy (non-hydrogen) atoms. The van der Waals surface area contributed by atoms with E-state index in [0.717, 1.165) is 53.3 Å². The molecule has 2 fully saturated rings. The van der Waals surface area contributed by atoms with Crippen molar-refractivity contribution in [2.45, 2.75) is 506 Å². The summed E-state index contributed by atoms with van der Waals surface area (Å²) in [6.45, 7) is 141. The van der Waals surface area contributed by atoms with Crippen molar-refractivity contribution in [2.24, 2.45) is 145 Å². The number of hydrogen-bond donors (Lipinski definition) is 0. The largest absolute Gasteiger partial charge is 0.0651 e. The van der Waals surface area contributed by atoms with E-state index in [0.29, 0.717) is 92.1 Å². The Balaban J connectivity index is -0.000000130. The molecule has 1 unspecified atom stereocenters. The van der Waals surface area contributed by atoms with Gasteiger partial charge < -0.3 is 0 Å². The van der Waals surface area contributed by atoms with Crippen molar-refractivity contribution in [1.29, 1.82) is 0 Å². The van der Waals surface area contributed by atoms with Gasteiger partial charge in [0.25, 0.3) is 0 Å². The van der Waals surface area contributed by atoms with E-state index in [-0.39, 0.29) is 0 Å². The molecule has 0 heterocycles. The first kappa shape index (κ1) is 118. The molecule has 2 aliphatic rings. The lowest BCUT2D eigenvalue weighted by molar-refractivity contribution is 0.00575. The molecule has 0 aromatic carbocycles. The van der Waals surface area contributed by atoms with Crippen molar-refractivity contribution in [1.82, 2.24) is 0 Å². The second kappa shape index (κ2) is 47.2. The summed E-state index contributed by atoms with van der Waals surface area (Å²) >= 11 is 0. The fourth-order valence-corrected chi connectivity index (χ4v) is 9.93. The molecule has 0 saturated heterocycles. The summed E-state index contributed by atoms with van der Waals surface area (Å²) in [4.78, 5) is 0. The van der Waals surface area contributed by atoms with Gasteiger partial charge in [0.2, 0.25) is 0 Å². The van der Waals surface area contributed by atoms with Crippen molar-refractivity contribution in [3.63, 3.8) is 0 Å². The number of hydrogen-bond acceptors (Lipinski definition) is 0. The van der Waals surface area contributed by atoms with Gasteiger partial charge in [-0.3, -0.25) is 0 Å². The molecule has 2 rings (SSSR count). The van der Waals surface area contributed by atoms with Gasteiger partial charge in [0.15, 0.2) is 0 Å². The van der Waals surface area contributed by atoms with Crippen LogP contribution in [0.4, 0.5) is 0 Å². The minimum absolute atomic E-state index is 0.375. The molecule has 618 valence electrons. The lowest BCUT2D eigenvalue weighted by Gasteiger charge is -2.49. The summed E-state index contributed by atoms with van der Waals surface area (Å²) in [5.74, 6) is 7.85. The summed E-state index contributed by atoms with van der Waals surface area (Å²) in [7, 11) is 0. The van der Waals surface area contributed by atoms with Crippen LogP contribution in [-0.4, -0.2) is 0 Å². The third-order valence-corrected chi connectivity index (χ3v) is 30.5. The van der Waals surface area contributed by atoms with Gasteiger partial charge in [-0.05, 0) is 145 Å². The Morgan fingerprint density at radius 2 is 0.510 bits per heavy atom. The van der Waals surface area contributed by atoms with Gasteiger partial charge in [0.1, 0.15) is 0 Å². The molecule has 0 bridgehead atoms. The van der Waals surface area contributed by atoms with Crippen LogP contribution >= 0.6 is 0 Å². The molecule has 0 radical (unpaired) electrons. The number of rotatable bonds is 7. The lowest BCUT2D eigenvalue weighted by Crippen LogP contribution is -2.41. The van der Waals surface area contributed by atoms with Crippen LogP contribution in [0, 0.1) is 145 Å². The SMILES string of the molecule is CC(C(C)(C)C)C(C)(C)C.CC(C)(C)C(C)(C)C.CC(C)(C)C(C)(C)C(C)(C)C.CC(C)C(C)(C)C(C)(C)C.CC(C)C(C)(C)C(C)(C)C.CC(C)[C@@H](C)C(C)(C)C.CC1CCCC[C@H]1C.CCC(C)(C)C(C)(C)C.CCC(C)(C)C(C)(C)C.CCC1CCCCC1.CC[C@@H](C)C(C)(C)C. The van der Waals surface area contributed by atoms with Crippen LogP contribution in [0.3, 0.4) is 0 Å². The lowest BCUT2D eigenvalue weighted by atomic mass is 9.56. The zero-order chi connectivity index (χ0) is 83.9. The van der Waals surface area contributed by atoms with E-state index in [9.17, 15) is 0 Å². The first-order chi connectivity index (χ1) is 43.0. The van der Waals surface area contributed by atoms with Crippen molar-refractivity contribution >= 4 is 0 Å². The highest BCUT2D eigenvalue weighted by Crippen LogP contribution is 2.51. The van der Waals surface area contributed by atoms with E-state index >= 15 is 0 Å². The summed E-state index contributed by atoms with van der Waals surface area (Å²) < 4.78 is 0. The van der Waals surface area contributed by atoms with Gasteiger partial charge in [0.05, 0.1) is 0 Å². The molecular weight excluding hydrogens is 1200 g/mol. The van der Waals surface area contributed by atoms with Gasteiger partial charge in [-0.25, -0.2) is 0 Å². The Morgan fingerprint density at radius 1 is 0.270 bits per heavy atom. The molecule has 0 nitrogen and oxygen atoms in total. The quantitative estimate of drug-likeness (QED) is 0.238. The van der Waals surface area contributed by atoms with Gasteiger partial charge in [-0.2, -0.15) is 0 Å². The highest BCUT2D eigenvalue weighted by Gasteiger charge is 2.43. The fraction of sp³-hybridized carbons (Fsp3) is 1.00. The van der Waals surface area contributed by atoms with Crippen LogP contribution in [0.15, 0.2) is 0 Å². The molecule has 0 aliphatic heterocycles. The maximum atomic E-state index is 2.38. The molecule has 0 aromatic heterocycles. The molecule has 4 atom stereocenters. The second-order valence-electron chi connectivity index (χ2n) is 49.5. The molecule has 2 aliphatic carbocycles. The van der Waals surface area contributed by atoms with Gasteiger partial charge in [-0.15, -0.1) is 0 Å². The molecule has 0 spiro atoms. The maximum absolute atomic E-state index is 2.38. The van der Waals surface area contributed by atoms with Crippen LogP contribution in [0.5, 0.6) is 0 Å². The minimum atomic E-state index is 0.375. The molecule has 2 saturated carbocycles. The van der Waals surface area contributed by atoms with E-state index in [1.807, 2.05) is 0 Å². The standard InChI is InChI=1S/C11H24.3C10H22.3C9H20.2C8H16.2C8H18/c1-9(2,3)11(7,8)10(4,5)6;1-8(9(2,3)4)10(5,6)7;2*1-8(2)10(6,7)9(3,4)5;2*1-7-9(5,6)8(2,3)4;1-7(2)8(3)9(4,5)6;1-7-5-3-4-6-8(7)2;1-2-8-6-4-3-5-7-8;1-7(2,3)8(4,5)6;1-6-7(2)8(3,4)5/h1-8H3;3*8H,1-7H3;2*7H2,1-6H3;7-8H,1-6H3;7-8H,3-6H2,1-2H3;8H,2-7H2,1H3;1-6H3;7H,6H2,1-5H3/t;;;;;;8-;7-,8?;;;7-/m......11..1/s1. The Hall–Kier alpha value is 0. The predicted octanol–water partition coefficient (Wildman–Crippen LogP) is 37.5. The monoisotopic (exact) mass is 1420 g/mol. The summed E-state index contributed by atoms with van der Waals surface area (Å²) in [5, 5.41) is 0. The normalized spacial score (nSPS) is 17.5. The Bertz CT molecular complexity index is 1770. The molecule has 0 heteroatoms. The van der Waals surface area contributed by atoms with Crippen molar-refractivity contribution in [2.75, 3.05) is 0 Å². The van der Waals surface area contributed by atoms with Crippen LogP contribution in [0.1, 0.15) is 506 Å². The predicted molar refractivity (Wildman–Crippen MR) is 479 cm³/mol. The van der Waals surface area contributed by atoms with Crippen LogP contribution in [-0.2, 0) is 0 Å². The van der Waals surface area contributed by atoms with Crippen molar-refractivity contribution in [3.8, 4) is 0 Å². The first-order valence-corrected chi connectivity index (χ1v) is 43.0. The van der Waals surface area contributed by atoms with Gasteiger partial charge in [-0.1, -0.05) is 506 Å².